The van der Waals surface area contributed by atoms with Crippen molar-refractivity contribution in [2.75, 3.05) is 18.9 Å². The lowest BCUT2D eigenvalue weighted by atomic mass is 9.74. The topological polar surface area (TPSA) is 119 Å². The van der Waals surface area contributed by atoms with Gasteiger partial charge < -0.3 is 20.5 Å². The monoisotopic (exact) mass is 418 g/mol. The van der Waals surface area contributed by atoms with Crippen molar-refractivity contribution in [3.63, 3.8) is 0 Å². The molecule has 3 aromatic rings. The van der Waals surface area contributed by atoms with Gasteiger partial charge in [-0.3, -0.25) is 9.59 Å². The number of aromatic nitrogens is 2. The molecule has 0 spiro atoms. The predicted molar refractivity (Wildman–Crippen MR) is 113 cm³/mol. The van der Waals surface area contributed by atoms with Gasteiger partial charge in [-0.15, -0.1) is 0 Å². The lowest BCUT2D eigenvalue weighted by Crippen LogP contribution is -2.41. The Hall–Kier alpha value is -3.52. The number of carbonyl (C=O) groups is 2. The number of anilines is 1. The van der Waals surface area contributed by atoms with Crippen LogP contribution >= 0.6 is 0 Å². The first-order valence-electron chi connectivity index (χ1n) is 10.2. The molecule has 2 aliphatic rings. The zero-order valence-corrected chi connectivity index (χ0v) is 16.9. The minimum atomic E-state index is -1.06. The highest BCUT2D eigenvalue weighted by atomic mass is 16.5. The summed E-state index contributed by atoms with van der Waals surface area (Å²) in [4.78, 5) is 35.9. The first kappa shape index (κ1) is 19.4. The van der Waals surface area contributed by atoms with Crippen LogP contribution < -0.4 is 5.73 Å². The van der Waals surface area contributed by atoms with Crippen LogP contribution in [-0.2, 0) is 28.0 Å². The summed E-state index contributed by atoms with van der Waals surface area (Å²) < 4.78 is 5.39. The van der Waals surface area contributed by atoms with Gasteiger partial charge >= 0.3 is 5.97 Å². The Morgan fingerprint density at radius 3 is 2.35 bits per heavy atom. The molecule has 31 heavy (non-hydrogen) atoms. The van der Waals surface area contributed by atoms with Crippen molar-refractivity contribution in [3.8, 4) is 0 Å². The molecule has 5 rings (SSSR count). The zero-order chi connectivity index (χ0) is 21.6. The maximum Gasteiger partial charge on any atom is 0.314 e. The molecule has 0 radical (unpaired) electrons. The maximum atomic E-state index is 13.4. The van der Waals surface area contributed by atoms with Gasteiger partial charge in [-0.2, -0.15) is 0 Å². The Kier molecular flexibility index (Phi) is 4.59. The van der Waals surface area contributed by atoms with Crippen molar-refractivity contribution in [1.82, 2.24) is 14.9 Å². The summed E-state index contributed by atoms with van der Waals surface area (Å²) in [7, 11) is 0. The molecule has 3 N–H and O–H groups in total. The van der Waals surface area contributed by atoms with Gasteiger partial charge in [0, 0.05) is 31.7 Å². The van der Waals surface area contributed by atoms with Crippen molar-refractivity contribution in [2.45, 2.75) is 31.3 Å². The Morgan fingerprint density at radius 2 is 1.71 bits per heavy atom. The molecule has 0 bridgehead atoms. The smallest absolute Gasteiger partial charge is 0.314 e. The van der Waals surface area contributed by atoms with Crippen LogP contribution in [0.4, 0.5) is 5.95 Å². The highest BCUT2D eigenvalue weighted by Gasteiger charge is 2.42. The van der Waals surface area contributed by atoms with E-state index in [0.29, 0.717) is 55.6 Å². The number of carbonyl (C=O) groups excluding carboxylic acids is 1. The van der Waals surface area contributed by atoms with Crippen LogP contribution in [0.5, 0.6) is 0 Å². The fourth-order valence-corrected chi connectivity index (χ4v) is 4.58. The summed E-state index contributed by atoms with van der Waals surface area (Å²) >= 11 is 0. The van der Waals surface area contributed by atoms with E-state index in [4.69, 9.17) is 10.5 Å². The number of nitrogens with zero attached hydrogens (tertiary/aromatic N) is 3. The third kappa shape index (κ3) is 3.19. The molecule has 8 heteroatoms. The molecule has 1 fully saturated rings. The second kappa shape index (κ2) is 7.31. The molecule has 8 nitrogen and oxygen atoms in total. The van der Waals surface area contributed by atoms with E-state index >= 15 is 0 Å². The SMILES string of the molecule is Nc1nc(C(=O)N2Cc3ccccc3C2)c2cc(C3(C(=O)O)CCOCC3)ccc2n1. The van der Waals surface area contributed by atoms with Gasteiger partial charge in [0.05, 0.1) is 10.9 Å². The molecular weight excluding hydrogens is 396 g/mol. The van der Waals surface area contributed by atoms with Gasteiger partial charge in [0.15, 0.2) is 0 Å². The Bertz CT molecular complexity index is 1180. The second-order valence-corrected chi connectivity index (χ2v) is 8.09. The summed E-state index contributed by atoms with van der Waals surface area (Å²) in [5.74, 6) is -1.13. The third-order valence-corrected chi connectivity index (χ3v) is 6.35. The van der Waals surface area contributed by atoms with Gasteiger partial charge in [-0.25, -0.2) is 9.97 Å². The average molecular weight is 418 g/mol. The zero-order valence-electron chi connectivity index (χ0n) is 16.9. The molecule has 0 saturated carbocycles. The molecule has 158 valence electrons. The largest absolute Gasteiger partial charge is 0.481 e. The predicted octanol–water partition coefficient (Wildman–Crippen LogP) is 2.50. The Labute approximate surface area is 178 Å². The lowest BCUT2D eigenvalue weighted by Gasteiger charge is -2.33. The van der Waals surface area contributed by atoms with Crippen LogP contribution in [0.3, 0.4) is 0 Å². The molecule has 0 unspecified atom stereocenters. The fraction of sp³-hybridized carbons (Fsp3) is 0.304. The normalized spacial score (nSPS) is 17.5. The van der Waals surface area contributed by atoms with E-state index in [9.17, 15) is 14.7 Å². The van der Waals surface area contributed by atoms with Crippen LogP contribution in [0, 0.1) is 0 Å². The number of hydrogen-bond acceptors (Lipinski definition) is 6. The molecule has 1 aromatic heterocycles. The second-order valence-electron chi connectivity index (χ2n) is 8.09. The molecule has 1 saturated heterocycles. The van der Waals surface area contributed by atoms with Crippen LogP contribution in [0.2, 0.25) is 0 Å². The quantitative estimate of drug-likeness (QED) is 0.671. The van der Waals surface area contributed by atoms with Crippen molar-refractivity contribution >= 4 is 28.7 Å². The average Bonchev–Trinajstić information content (AvgIpc) is 3.22. The number of carboxylic acid groups (broad SMARTS) is 1. The highest BCUT2D eigenvalue weighted by Crippen LogP contribution is 2.37. The van der Waals surface area contributed by atoms with Crippen LogP contribution in [0.1, 0.15) is 40.0 Å². The van der Waals surface area contributed by atoms with E-state index in [2.05, 4.69) is 9.97 Å². The number of fused-ring (bicyclic) bond motifs is 2. The van der Waals surface area contributed by atoms with Gasteiger partial charge in [-0.1, -0.05) is 30.3 Å². The number of ether oxygens (including phenoxy) is 1. The summed E-state index contributed by atoms with van der Waals surface area (Å²) in [6.45, 7) is 1.74. The number of rotatable bonds is 3. The number of amides is 1. The molecule has 3 heterocycles. The molecule has 2 aromatic carbocycles. The van der Waals surface area contributed by atoms with Crippen LogP contribution in [-0.4, -0.2) is 45.1 Å². The number of benzene rings is 2. The van der Waals surface area contributed by atoms with Crippen molar-refractivity contribution in [3.05, 3.63) is 64.8 Å². The summed E-state index contributed by atoms with van der Waals surface area (Å²) in [5, 5.41) is 10.5. The summed E-state index contributed by atoms with van der Waals surface area (Å²) in [6.07, 6.45) is 0.739. The molecule has 0 aliphatic carbocycles. The van der Waals surface area contributed by atoms with Crippen LogP contribution in [0.25, 0.3) is 10.9 Å². The number of nitrogen functional groups attached to an aromatic ring is 1. The lowest BCUT2D eigenvalue weighted by molar-refractivity contribution is -0.147. The Morgan fingerprint density at radius 1 is 1.03 bits per heavy atom. The third-order valence-electron chi connectivity index (χ3n) is 6.35. The number of hydrogen-bond donors (Lipinski definition) is 2. The highest BCUT2D eigenvalue weighted by molar-refractivity contribution is 6.05. The van der Waals surface area contributed by atoms with E-state index in [-0.39, 0.29) is 17.5 Å². The van der Waals surface area contributed by atoms with E-state index < -0.39 is 11.4 Å². The van der Waals surface area contributed by atoms with Gasteiger partial charge in [0.2, 0.25) is 5.95 Å². The van der Waals surface area contributed by atoms with Crippen molar-refractivity contribution in [1.29, 1.82) is 0 Å². The fourth-order valence-electron chi connectivity index (χ4n) is 4.58. The van der Waals surface area contributed by atoms with E-state index in [1.54, 1.807) is 23.1 Å². The van der Waals surface area contributed by atoms with E-state index in [0.717, 1.165) is 11.1 Å². The number of aliphatic carboxylic acids is 1. The molecule has 2 aliphatic heterocycles. The minimum absolute atomic E-state index is 0.0133. The van der Waals surface area contributed by atoms with Crippen molar-refractivity contribution < 1.29 is 19.4 Å². The van der Waals surface area contributed by atoms with Gasteiger partial charge in [0.1, 0.15) is 5.69 Å². The first-order valence-corrected chi connectivity index (χ1v) is 10.2. The minimum Gasteiger partial charge on any atom is -0.481 e. The van der Waals surface area contributed by atoms with E-state index in [1.807, 2.05) is 24.3 Å². The maximum absolute atomic E-state index is 13.4. The van der Waals surface area contributed by atoms with Gasteiger partial charge in [-0.05, 0) is 41.7 Å². The standard InChI is InChI=1S/C23H22N4O4/c24-22-25-18-6-5-16(23(21(29)30)7-9-31-10-8-23)11-17(18)19(26-22)20(28)27-12-14-3-1-2-4-15(14)13-27/h1-6,11H,7-10,12-13H2,(H,29,30)(H2,24,25,26). The summed E-state index contributed by atoms with van der Waals surface area (Å²) in [5.41, 5.74) is 8.40. The van der Waals surface area contributed by atoms with Gasteiger partial charge in [0.25, 0.3) is 5.91 Å². The van der Waals surface area contributed by atoms with Crippen molar-refractivity contribution in [2.24, 2.45) is 0 Å². The molecule has 0 atom stereocenters. The number of carboxylic acids is 1. The van der Waals surface area contributed by atoms with Crippen LogP contribution in [0.15, 0.2) is 42.5 Å². The Balaban J connectivity index is 1.59. The molecular formula is C23H22N4O4. The van der Waals surface area contributed by atoms with E-state index in [1.165, 1.54) is 0 Å². The first-order chi connectivity index (χ1) is 15.0. The number of nitrogens with two attached hydrogens (primary N) is 1. The molecule has 1 amide bonds. The summed E-state index contributed by atoms with van der Waals surface area (Å²) in [6, 6.07) is 13.1.